The molecule has 1 N–H and O–H groups in total. The average Bonchev–Trinajstić information content (AvgIpc) is 3.19. The lowest BCUT2D eigenvalue weighted by atomic mass is 9.53. The Bertz CT molecular complexity index is 747. The second-order valence-electron chi connectivity index (χ2n) is 7.95. The summed E-state index contributed by atoms with van der Waals surface area (Å²) in [5.41, 5.74) is 1.66. The lowest BCUT2D eigenvalue weighted by molar-refractivity contribution is -0.164. The molecule has 0 bridgehead atoms. The first-order valence-electron chi connectivity index (χ1n) is 9.10. The van der Waals surface area contributed by atoms with Crippen LogP contribution in [0.25, 0.3) is 0 Å². The number of fused-ring (bicyclic) bond motifs is 1. The summed E-state index contributed by atoms with van der Waals surface area (Å²) >= 11 is 0. The summed E-state index contributed by atoms with van der Waals surface area (Å²) in [5.74, 6) is 0.764. The zero-order chi connectivity index (χ0) is 18.0. The second-order valence-corrected chi connectivity index (χ2v) is 7.95. The van der Waals surface area contributed by atoms with Crippen molar-refractivity contribution >= 4 is 5.97 Å². The fraction of sp³-hybridized carbons (Fsp3) is 0.650. The number of rotatable bonds is 3. The fourth-order valence-electron chi connectivity index (χ4n) is 5.10. The van der Waals surface area contributed by atoms with Gasteiger partial charge in [-0.2, -0.15) is 0 Å². The topological polar surface area (TPSA) is 72.2 Å². The highest BCUT2D eigenvalue weighted by molar-refractivity contribution is 5.88. The number of aliphatic hydroxyl groups is 1. The molecule has 5 heteroatoms. The Labute approximate surface area is 148 Å². The van der Waals surface area contributed by atoms with Gasteiger partial charge in [-0.3, -0.25) is 0 Å². The van der Waals surface area contributed by atoms with Crippen LogP contribution in [0.5, 0.6) is 0 Å². The molecule has 1 aromatic heterocycles. The number of furan rings is 1. The molecule has 0 amide bonds. The van der Waals surface area contributed by atoms with E-state index in [1.165, 1.54) is 0 Å². The molecule has 1 saturated carbocycles. The fourth-order valence-corrected chi connectivity index (χ4v) is 5.10. The molecule has 4 rings (SSSR count). The molecular formula is C20H26O5. The van der Waals surface area contributed by atoms with Gasteiger partial charge in [-0.15, -0.1) is 0 Å². The molecular weight excluding hydrogens is 320 g/mol. The molecule has 25 heavy (non-hydrogen) atoms. The summed E-state index contributed by atoms with van der Waals surface area (Å²) in [7, 11) is 0. The third-order valence-corrected chi connectivity index (χ3v) is 6.95. The minimum Gasteiger partial charge on any atom is -0.469 e. The average molecular weight is 346 g/mol. The predicted octanol–water partition coefficient (Wildman–Crippen LogP) is 3.24. The van der Waals surface area contributed by atoms with E-state index in [1.54, 1.807) is 19.3 Å². The van der Waals surface area contributed by atoms with Crippen LogP contribution in [0, 0.1) is 18.3 Å². The lowest BCUT2D eigenvalue weighted by Gasteiger charge is -2.50. The van der Waals surface area contributed by atoms with Crippen LogP contribution in [0.3, 0.4) is 0 Å². The molecule has 5 nitrogen and oxygen atoms in total. The number of esters is 1. The summed E-state index contributed by atoms with van der Waals surface area (Å²) in [6.45, 7) is 7.82. The van der Waals surface area contributed by atoms with Gasteiger partial charge in [-0.25, -0.2) is 4.79 Å². The van der Waals surface area contributed by atoms with E-state index < -0.39 is 12.1 Å². The van der Waals surface area contributed by atoms with Crippen LogP contribution in [0.15, 0.2) is 22.3 Å². The van der Waals surface area contributed by atoms with Crippen molar-refractivity contribution in [3.05, 3.63) is 34.8 Å². The van der Waals surface area contributed by atoms with Gasteiger partial charge in [0.2, 0.25) is 0 Å². The van der Waals surface area contributed by atoms with Crippen LogP contribution in [-0.4, -0.2) is 29.4 Å². The quantitative estimate of drug-likeness (QED) is 0.517. The molecule has 5 unspecified atom stereocenters. The summed E-state index contributed by atoms with van der Waals surface area (Å²) in [4.78, 5) is 12.6. The number of hydrogen-bond donors (Lipinski definition) is 1. The van der Waals surface area contributed by atoms with E-state index in [4.69, 9.17) is 13.9 Å². The van der Waals surface area contributed by atoms with Crippen LogP contribution in [0.4, 0.5) is 0 Å². The first kappa shape index (κ1) is 16.9. The van der Waals surface area contributed by atoms with Crippen molar-refractivity contribution in [1.29, 1.82) is 0 Å². The Hall–Kier alpha value is -1.59. The highest BCUT2D eigenvalue weighted by Gasteiger charge is 2.75. The Morgan fingerprint density at radius 1 is 1.48 bits per heavy atom. The summed E-state index contributed by atoms with van der Waals surface area (Å²) in [6.07, 6.45) is 5.98. The third-order valence-electron chi connectivity index (χ3n) is 6.95. The van der Waals surface area contributed by atoms with Gasteiger partial charge in [-0.1, -0.05) is 19.9 Å². The molecule has 3 aliphatic rings. The Morgan fingerprint density at radius 2 is 2.24 bits per heavy atom. The maximum atomic E-state index is 12.6. The van der Waals surface area contributed by atoms with E-state index in [1.807, 2.05) is 6.92 Å². The highest BCUT2D eigenvalue weighted by atomic mass is 16.6. The van der Waals surface area contributed by atoms with Crippen LogP contribution in [0.1, 0.15) is 56.6 Å². The van der Waals surface area contributed by atoms with Gasteiger partial charge in [0.25, 0.3) is 0 Å². The summed E-state index contributed by atoms with van der Waals surface area (Å²) < 4.78 is 18.0. The van der Waals surface area contributed by atoms with Crippen LogP contribution < -0.4 is 0 Å². The Balaban J connectivity index is 1.81. The van der Waals surface area contributed by atoms with E-state index in [2.05, 4.69) is 13.8 Å². The number of ether oxygens (including phenoxy) is 2. The monoisotopic (exact) mass is 346 g/mol. The maximum Gasteiger partial charge on any atom is 0.336 e. The minimum atomic E-state index is -0.463. The van der Waals surface area contributed by atoms with Gasteiger partial charge in [-0.05, 0) is 38.2 Å². The predicted molar refractivity (Wildman–Crippen MR) is 90.9 cm³/mol. The minimum absolute atomic E-state index is 0.215. The van der Waals surface area contributed by atoms with Crippen LogP contribution in [-0.2, 0) is 20.7 Å². The number of epoxide rings is 1. The number of hydrogen-bond acceptors (Lipinski definition) is 5. The number of aryl methyl sites for hydroxylation is 1. The zero-order valence-corrected chi connectivity index (χ0v) is 15.3. The second kappa shape index (κ2) is 5.45. The van der Waals surface area contributed by atoms with Crippen molar-refractivity contribution in [2.24, 2.45) is 11.3 Å². The van der Waals surface area contributed by atoms with Gasteiger partial charge >= 0.3 is 5.97 Å². The van der Waals surface area contributed by atoms with Crippen molar-refractivity contribution in [3.63, 3.8) is 0 Å². The highest BCUT2D eigenvalue weighted by Crippen LogP contribution is 2.69. The molecule has 0 radical (unpaired) electrons. The molecule has 2 heterocycles. The Kier molecular flexibility index (Phi) is 3.68. The normalized spacial score (nSPS) is 39.2. The molecule has 2 aliphatic carbocycles. The molecule has 1 spiro atoms. The van der Waals surface area contributed by atoms with E-state index >= 15 is 0 Å². The van der Waals surface area contributed by atoms with Gasteiger partial charge in [0.05, 0.1) is 24.5 Å². The van der Waals surface area contributed by atoms with Crippen LogP contribution in [0.2, 0.25) is 0 Å². The van der Waals surface area contributed by atoms with Gasteiger partial charge in [0, 0.05) is 17.4 Å². The standard InChI is InChI=1S/C20H26O5/c1-5-13(9-21)18(22)24-17-16-11(2)10-23-14(16)8-20-15(25-20)7-6-12(3)19(17,20)4/h5,10,12,15,17,21H,6-9H2,1-4H3. The van der Waals surface area contributed by atoms with Crippen molar-refractivity contribution in [1.82, 2.24) is 0 Å². The molecule has 0 aromatic carbocycles. The van der Waals surface area contributed by atoms with E-state index in [9.17, 15) is 9.90 Å². The first-order chi connectivity index (χ1) is 11.9. The summed E-state index contributed by atoms with van der Waals surface area (Å²) in [5, 5.41) is 9.43. The first-order valence-corrected chi connectivity index (χ1v) is 9.10. The maximum absolute atomic E-state index is 12.6. The van der Waals surface area contributed by atoms with Crippen molar-refractivity contribution in [2.75, 3.05) is 6.61 Å². The van der Waals surface area contributed by atoms with Gasteiger partial charge in [0.1, 0.15) is 17.5 Å². The molecule has 1 aromatic rings. The molecule has 136 valence electrons. The van der Waals surface area contributed by atoms with Crippen molar-refractivity contribution in [2.45, 2.75) is 64.8 Å². The van der Waals surface area contributed by atoms with Crippen LogP contribution >= 0.6 is 0 Å². The lowest BCUT2D eigenvalue weighted by Crippen LogP contribution is -2.54. The zero-order valence-electron chi connectivity index (χ0n) is 15.3. The van der Waals surface area contributed by atoms with Gasteiger partial charge < -0.3 is 19.0 Å². The number of carbonyl (C=O) groups is 1. The van der Waals surface area contributed by atoms with Crippen molar-refractivity contribution in [3.8, 4) is 0 Å². The van der Waals surface area contributed by atoms with Crippen molar-refractivity contribution < 1.29 is 23.8 Å². The van der Waals surface area contributed by atoms with Gasteiger partial charge in [0.15, 0.2) is 0 Å². The molecule has 1 aliphatic heterocycles. The van der Waals surface area contributed by atoms with E-state index in [0.717, 1.165) is 36.1 Å². The summed E-state index contributed by atoms with van der Waals surface area (Å²) in [6, 6.07) is 0. The molecule has 1 saturated heterocycles. The SMILES string of the molecule is CC=C(CO)C(=O)OC1c2c(C)coc2CC23OC2CCC(C)C13C. The van der Waals surface area contributed by atoms with E-state index in [-0.39, 0.29) is 29.3 Å². The number of carbonyl (C=O) groups excluding carboxylic acids is 1. The number of allylic oxidation sites excluding steroid dienone is 1. The third kappa shape index (κ3) is 2.05. The Morgan fingerprint density at radius 3 is 2.92 bits per heavy atom. The molecule has 2 fully saturated rings. The smallest absolute Gasteiger partial charge is 0.336 e. The largest absolute Gasteiger partial charge is 0.469 e. The molecule has 5 atom stereocenters. The number of aliphatic hydroxyl groups excluding tert-OH is 1. The van der Waals surface area contributed by atoms with E-state index in [0.29, 0.717) is 5.92 Å².